The molecule has 0 amide bonds. The largest absolute Gasteiger partial charge is 0.301 e. The summed E-state index contributed by atoms with van der Waals surface area (Å²) >= 11 is 2.00. The topological polar surface area (TPSA) is 3.24 Å². The van der Waals surface area contributed by atoms with Gasteiger partial charge in [-0.15, -0.1) is 0 Å². The van der Waals surface area contributed by atoms with Crippen molar-refractivity contribution in [1.82, 2.24) is 4.90 Å². The van der Waals surface area contributed by atoms with E-state index in [9.17, 15) is 0 Å². The average molecular weight is 217 g/mol. The van der Waals surface area contributed by atoms with Gasteiger partial charge in [-0.2, -0.15) is 11.8 Å². The molecule has 86 valence electrons. The Bertz CT molecular complexity index is 156. The number of rotatable bonds is 5. The third-order valence-electron chi connectivity index (χ3n) is 3.36. The van der Waals surface area contributed by atoms with E-state index in [1.807, 2.05) is 11.8 Å². The Hall–Kier alpha value is 0.310. The predicted molar refractivity (Wildman–Crippen MR) is 69.2 cm³/mol. The van der Waals surface area contributed by atoms with Crippen molar-refractivity contribution in [1.29, 1.82) is 0 Å². The Kier molecular flexibility index (Phi) is 5.53. The Morgan fingerprint density at radius 3 is 1.93 bits per heavy atom. The van der Waals surface area contributed by atoms with Crippen molar-refractivity contribution in [3.63, 3.8) is 0 Å². The van der Waals surface area contributed by atoms with Crippen LogP contribution in [0.2, 0.25) is 0 Å². The summed E-state index contributed by atoms with van der Waals surface area (Å²) in [6.45, 7) is 12.7. The second kappa shape index (κ2) is 5.41. The molecule has 1 atom stereocenters. The molecule has 0 N–H and O–H groups in total. The Balaban J connectivity index is 4.05. The molecule has 0 heterocycles. The molecule has 0 aliphatic heterocycles. The van der Waals surface area contributed by atoms with E-state index < -0.39 is 0 Å². The highest BCUT2D eigenvalue weighted by atomic mass is 32.2. The number of hydrogen-bond acceptors (Lipinski definition) is 2. The normalized spacial score (nSPS) is 17.1. The Labute approximate surface area is 94.6 Å². The van der Waals surface area contributed by atoms with Gasteiger partial charge in [-0.25, -0.2) is 0 Å². The van der Waals surface area contributed by atoms with Crippen LogP contribution in [0.1, 0.15) is 47.5 Å². The highest BCUT2D eigenvalue weighted by molar-refractivity contribution is 7.99. The average Bonchev–Trinajstić information content (AvgIpc) is 2.12. The second-order valence-corrected chi connectivity index (χ2v) is 6.74. The van der Waals surface area contributed by atoms with Crippen molar-refractivity contribution in [2.24, 2.45) is 0 Å². The maximum Gasteiger partial charge on any atom is 0.0138 e. The van der Waals surface area contributed by atoms with Crippen LogP contribution >= 0.6 is 11.8 Å². The van der Waals surface area contributed by atoms with Gasteiger partial charge in [0.2, 0.25) is 0 Å². The zero-order valence-electron chi connectivity index (χ0n) is 11.0. The molecule has 0 aromatic carbocycles. The zero-order chi connectivity index (χ0) is 11.4. The first-order valence-electron chi connectivity index (χ1n) is 5.51. The molecule has 0 rings (SSSR count). The van der Waals surface area contributed by atoms with Crippen LogP contribution in [0.15, 0.2) is 0 Å². The van der Waals surface area contributed by atoms with Gasteiger partial charge in [-0.1, -0.05) is 13.8 Å². The minimum Gasteiger partial charge on any atom is -0.301 e. The van der Waals surface area contributed by atoms with Gasteiger partial charge < -0.3 is 4.90 Å². The summed E-state index contributed by atoms with van der Waals surface area (Å²) in [5.74, 6) is 0. The molecule has 0 aromatic rings. The first-order chi connectivity index (χ1) is 6.25. The lowest BCUT2D eigenvalue weighted by molar-refractivity contribution is 0.168. The van der Waals surface area contributed by atoms with Gasteiger partial charge in [0, 0.05) is 10.3 Å². The molecule has 0 radical (unpaired) electrons. The molecule has 14 heavy (non-hydrogen) atoms. The number of nitrogens with zero attached hydrogens (tertiary/aromatic N) is 1. The van der Waals surface area contributed by atoms with Crippen molar-refractivity contribution in [3.8, 4) is 0 Å². The third-order valence-corrected chi connectivity index (χ3v) is 4.84. The van der Waals surface area contributed by atoms with Crippen molar-refractivity contribution >= 4 is 11.8 Å². The SMILES string of the molecule is CCC(C)(CCN(C)C(C)(C)C)SC. The molecule has 0 saturated heterocycles. The lowest BCUT2D eigenvalue weighted by Crippen LogP contribution is -2.40. The summed E-state index contributed by atoms with van der Waals surface area (Å²) in [6.07, 6.45) is 4.76. The molecule has 0 aromatic heterocycles. The zero-order valence-corrected chi connectivity index (χ0v) is 11.8. The van der Waals surface area contributed by atoms with Gasteiger partial charge in [0.15, 0.2) is 0 Å². The number of hydrogen-bond donors (Lipinski definition) is 0. The van der Waals surface area contributed by atoms with Crippen LogP contribution in [-0.2, 0) is 0 Å². The van der Waals surface area contributed by atoms with E-state index in [0.717, 1.165) is 0 Å². The van der Waals surface area contributed by atoms with E-state index in [-0.39, 0.29) is 0 Å². The maximum absolute atomic E-state index is 2.44. The number of thioether (sulfide) groups is 1. The van der Waals surface area contributed by atoms with Crippen molar-refractivity contribution in [2.45, 2.75) is 57.7 Å². The molecule has 1 unspecified atom stereocenters. The second-order valence-electron chi connectivity index (χ2n) is 5.35. The van der Waals surface area contributed by atoms with Crippen LogP contribution in [0.5, 0.6) is 0 Å². The summed E-state index contributed by atoms with van der Waals surface area (Å²) in [4.78, 5) is 2.44. The summed E-state index contributed by atoms with van der Waals surface area (Å²) < 4.78 is 0.458. The first-order valence-corrected chi connectivity index (χ1v) is 6.74. The standard InChI is InChI=1S/C12H27NS/c1-8-12(5,14-7)9-10-13(6)11(2,3)4/h8-10H2,1-7H3. The third kappa shape index (κ3) is 4.70. The molecule has 2 heteroatoms. The van der Waals surface area contributed by atoms with E-state index in [4.69, 9.17) is 0 Å². The van der Waals surface area contributed by atoms with Gasteiger partial charge in [0.05, 0.1) is 0 Å². The molecule has 0 bridgehead atoms. The van der Waals surface area contributed by atoms with E-state index in [0.29, 0.717) is 10.3 Å². The molecule has 0 aliphatic rings. The molecule has 1 nitrogen and oxygen atoms in total. The van der Waals surface area contributed by atoms with Crippen molar-refractivity contribution in [2.75, 3.05) is 19.8 Å². The van der Waals surface area contributed by atoms with E-state index in [2.05, 4.69) is 52.8 Å². The summed E-state index contributed by atoms with van der Waals surface area (Å²) in [5, 5.41) is 0. The molecule has 0 fully saturated rings. The van der Waals surface area contributed by atoms with Crippen LogP contribution in [-0.4, -0.2) is 35.0 Å². The van der Waals surface area contributed by atoms with Gasteiger partial charge >= 0.3 is 0 Å². The lowest BCUT2D eigenvalue weighted by Gasteiger charge is -2.35. The predicted octanol–water partition coefficient (Wildman–Crippen LogP) is 3.64. The van der Waals surface area contributed by atoms with Crippen molar-refractivity contribution in [3.05, 3.63) is 0 Å². The molecule has 0 saturated carbocycles. The molecule has 0 spiro atoms. The van der Waals surface area contributed by atoms with Crippen LogP contribution < -0.4 is 0 Å². The fraction of sp³-hybridized carbons (Fsp3) is 1.00. The van der Waals surface area contributed by atoms with E-state index >= 15 is 0 Å². The van der Waals surface area contributed by atoms with Gasteiger partial charge in [0.25, 0.3) is 0 Å². The summed E-state index contributed by atoms with van der Waals surface area (Å²) in [7, 11) is 2.22. The van der Waals surface area contributed by atoms with Crippen LogP contribution in [0.25, 0.3) is 0 Å². The van der Waals surface area contributed by atoms with Gasteiger partial charge in [-0.3, -0.25) is 0 Å². The minimum absolute atomic E-state index is 0.299. The minimum atomic E-state index is 0.299. The van der Waals surface area contributed by atoms with E-state index in [1.165, 1.54) is 19.4 Å². The molecular weight excluding hydrogens is 190 g/mol. The van der Waals surface area contributed by atoms with Crippen molar-refractivity contribution < 1.29 is 0 Å². The molecule has 0 aliphatic carbocycles. The van der Waals surface area contributed by atoms with Gasteiger partial charge in [0.1, 0.15) is 0 Å². The van der Waals surface area contributed by atoms with Crippen LogP contribution in [0, 0.1) is 0 Å². The fourth-order valence-corrected chi connectivity index (χ4v) is 1.75. The van der Waals surface area contributed by atoms with Crippen LogP contribution in [0.4, 0.5) is 0 Å². The first kappa shape index (κ1) is 14.3. The highest BCUT2D eigenvalue weighted by Crippen LogP contribution is 2.30. The van der Waals surface area contributed by atoms with Gasteiger partial charge in [-0.05, 0) is 53.5 Å². The molecular formula is C12H27NS. The Morgan fingerprint density at radius 1 is 1.14 bits per heavy atom. The fourth-order valence-electron chi connectivity index (χ4n) is 1.16. The summed E-state index contributed by atoms with van der Waals surface area (Å²) in [5.41, 5.74) is 0.299. The highest BCUT2D eigenvalue weighted by Gasteiger charge is 2.23. The smallest absolute Gasteiger partial charge is 0.0138 e. The Morgan fingerprint density at radius 2 is 1.64 bits per heavy atom. The summed E-state index contributed by atoms with van der Waals surface area (Å²) in [6, 6.07) is 0. The quantitative estimate of drug-likeness (QED) is 0.692. The monoisotopic (exact) mass is 217 g/mol. The maximum atomic E-state index is 2.44. The van der Waals surface area contributed by atoms with Crippen LogP contribution in [0.3, 0.4) is 0 Å². The lowest BCUT2D eigenvalue weighted by atomic mass is 10.0. The van der Waals surface area contributed by atoms with E-state index in [1.54, 1.807) is 0 Å².